The molecule has 198 valence electrons. The molecule has 0 aromatic heterocycles. The number of hydrogen-bond acceptors (Lipinski definition) is 4. The van der Waals surface area contributed by atoms with Gasteiger partial charge < -0.3 is 20.3 Å². The second-order valence-corrected chi connectivity index (χ2v) is 10.2. The fourth-order valence-electron chi connectivity index (χ4n) is 3.85. The Bertz CT molecular complexity index is 817. The van der Waals surface area contributed by atoms with E-state index in [1.165, 1.54) is 0 Å². The fraction of sp³-hybridized carbons (Fsp3) is 0.679. The van der Waals surface area contributed by atoms with Gasteiger partial charge in [-0.25, -0.2) is 4.79 Å². The van der Waals surface area contributed by atoms with Crippen LogP contribution < -0.4 is 10.6 Å². The second kappa shape index (κ2) is 15.4. The van der Waals surface area contributed by atoms with Crippen LogP contribution in [0.5, 0.6) is 0 Å². The summed E-state index contributed by atoms with van der Waals surface area (Å²) in [5.74, 6) is -0.491. The monoisotopic (exact) mass is 489 g/mol. The topological polar surface area (TPSA) is 87.7 Å². The first-order chi connectivity index (χ1) is 16.5. The molecular formula is C28H47N3O4. The maximum absolute atomic E-state index is 13.5. The van der Waals surface area contributed by atoms with E-state index in [9.17, 15) is 14.4 Å². The predicted molar refractivity (Wildman–Crippen MR) is 141 cm³/mol. The summed E-state index contributed by atoms with van der Waals surface area (Å²) in [6, 6.07) is 5.09. The van der Waals surface area contributed by atoms with Crippen molar-refractivity contribution in [3.8, 4) is 0 Å². The Kier molecular flexibility index (Phi) is 13.4. The molecule has 7 nitrogen and oxygen atoms in total. The number of alkyl carbamates (subject to hydrolysis) is 1. The van der Waals surface area contributed by atoms with Crippen LogP contribution in [0.25, 0.3) is 0 Å². The van der Waals surface area contributed by atoms with E-state index in [-0.39, 0.29) is 18.4 Å². The Morgan fingerprint density at radius 3 is 2.23 bits per heavy atom. The number of amides is 3. The van der Waals surface area contributed by atoms with E-state index in [1.54, 1.807) is 25.7 Å². The molecule has 3 amide bonds. The van der Waals surface area contributed by atoms with Crippen molar-refractivity contribution in [2.24, 2.45) is 0 Å². The summed E-state index contributed by atoms with van der Waals surface area (Å²) in [5.41, 5.74) is 2.22. The number of aryl methyl sites for hydroxylation is 1. The average Bonchev–Trinajstić information content (AvgIpc) is 2.78. The highest BCUT2D eigenvalue weighted by Crippen LogP contribution is 2.27. The molecule has 0 fully saturated rings. The number of hydrogen-bond donors (Lipinski definition) is 2. The molecule has 0 aliphatic heterocycles. The number of nitrogens with one attached hydrogen (secondary N) is 2. The number of unbranched alkanes of at least 4 members (excludes halogenated alkanes) is 5. The molecule has 1 atom stereocenters. The molecule has 0 radical (unpaired) electrons. The number of carbonyl (C=O) groups is 3. The van der Waals surface area contributed by atoms with E-state index in [4.69, 9.17) is 4.74 Å². The van der Waals surface area contributed by atoms with Gasteiger partial charge in [-0.2, -0.15) is 0 Å². The van der Waals surface area contributed by atoms with E-state index in [2.05, 4.69) is 24.5 Å². The quantitative estimate of drug-likeness (QED) is 0.334. The van der Waals surface area contributed by atoms with Crippen molar-refractivity contribution in [2.75, 3.05) is 19.6 Å². The molecule has 0 saturated carbocycles. The second-order valence-electron chi connectivity index (χ2n) is 10.2. The van der Waals surface area contributed by atoms with Crippen LogP contribution in [0.3, 0.4) is 0 Å². The number of benzene rings is 1. The third-order valence-corrected chi connectivity index (χ3v) is 5.94. The first-order valence-corrected chi connectivity index (χ1v) is 13.1. The molecular weight excluding hydrogens is 442 g/mol. The average molecular weight is 490 g/mol. The summed E-state index contributed by atoms with van der Waals surface area (Å²) in [7, 11) is 0. The Hall–Kier alpha value is -2.57. The molecule has 1 aromatic rings. The van der Waals surface area contributed by atoms with Crippen molar-refractivity contribution in [3.05, 3.63) is 34.9 Å². The zero-order valence-electron chi connectivity index (χ0n) is 23.0. The van der Waals surface area contributed by atoms with Crippen LogP contribution in [0.2, 0.25) is 0 Å². The minimum Gasteiger partial charge on any atom is -0.444 e. The van der Waals surface area contributed by atoms with Gasteiger partial charge in [0.25, 0.3) is 0 Å². The normalized spacial score (nSPS) is 12.1. The molecule has 0 heterocycles. The van der Waals surface area contributed by atoms with Crippen molar-refractivity contribution in [2.45, 2.75) is 105 Å². The van der Waals surface area contributed by atoms with Gasteiger partial charge in [-0.1, -0.05) is 64.2 Å². The van der Waals surface area contributed by atoms with Gasteiger partial charge in [0.05, 0.1) is 0 Å². The van der Waals surface area contributed by atoms with Crippen molar-refractivity contribution in [1.29, 1.82) is 0 Å². The molecule has 35 heavy (non-hydrogen) atoms. The summed E-state index contributed by atoms with van der Waals surface area (Å²) < 4.78 is 5.29. The molecule has 1 unspecified atom stereocenters. The van der Waals surface area contributed by atoms with Crippen LogP contribution in [0.15, 0.2) is 18.2 Å². The molecule has 0 bridgehead atoms. The van der Waals surface area contributed by atoms with Gasteiger partial charge in [-0.3, -0.25) is 9.59 Å². The van der Waals surface area contributed by atoms with Gasteiger partial charge in [0.2, 0.25) is 11.8 Å². The van der Waals surface area contributed by atoms with Gasteiger partial charge in [0.15, 0.2) is 0 Å². The van der Waals surface area contributed by atoms with Gasteiger partial charge in [0.1, 0.15) is 18.2 Å². The Labute approximate surface area is 212 Å². The molecule has 0 aliphatic carbocycles. The summed E-state index contributed by atoms with van der Waals surface area (Å²) in [4.78, 5) is 40.7. The minimum atomic E-state index is -0.758. The van der Waals surface area contributed by atoms with Crippen molar-refractivity contribution >= 4 is 17.9 Å². The molecule has 0 aliphatic rings. The van der Waals surface area contributed by atoms with Gasteiger partial charge in [-0.15, -0.1) is 0 Å². The maximum Gasteiger partial charge on any atom is 0.408 e. The molecule has 0 spiro atoms. The lowest BCUT2D eigenvalue weighted by atomic mass is 9.95. The molecule has 7 heteroatoms. The smallest absolute Gasteiger partial charge is 0.408 e. The lowest BCUT2D eigenvalue weighted by molar-refractivity contribution is -0.140. The van der Waals surface area contributed by atoms with E-state index in [1.807, 2.05) is 32.0 Å². The van der Waals surface area contributed by atoms with Crippen LogP contribution in [0, 0.1) is 13.8 Å². The first kappa shape index (κ1) is 30.5. The van der Waals surface area contributed by atoms with Crippen molar-refractivity contribution in [1.82, 2.24) is 15.5 Å². The van der Waals surface area contributed by atoms with Gasteiger partial charge in [-0.05, 0) is 64.2 Å². The summed E-state index contributed by atoms with van der Waals surface area (Å²) in [5, 5.41) is 5.60. The standard InChI is InChI=1S/C28H47N3O4/c1-8-10-12-13-14-19-31(24(32)20-30-27(34)35-28(5,6)7)25(26(33)29-18-11-9-2)23-17-15-16-21(3)22(23)4/h15-17,25H,8-14,18-20H2,1-7H3,(H,29,33)(H,30,34). The van der Waals surface area contributed by atoms with Crippen LogP contribution in [-0.4, -0.2) is 48.0 Å². The number of carbonyl (C=O) groups excluding carboxylic acids is 3. The van der Waals surface area contributed by atoms with Crippen LogP contribution >= 0.6 is 0 Å². The lowest BCUT2D eigenvalue weighted by Crippen LogP contribution is -2.48. The lowest BCUT2D eigenvalue weighted by Gasteiger charge is -2.33. The SMILES string of the molecule is CCCCCCCN(C(=O)CNC(=O)OC(C)(C)C)C(C(=O)NCCCC)c1cccc(C)c1C. The summed E-state index contributed by atoms with van der Waals surface area (Å²) in [6.07, 6.45) is 6.33. The zero-order chi connectivity index (χ0) is 26.4. The van der Waals surface area contributed by atoms with E-state index in [0.717, 1.165) is 61.6 Å². The highest BCUT2D eigenvalue weighted by Gasteiger charge is 2.32. The minimum absolute atomic E-state index is 0.189. The molecule has 2 N–H and O–H groups in total. The third-order valence-electron chi connectivity index (χ3n) is 5.94. The van der Waals surface area contributed by atoms with E-state index in [0.29, 0.717) is 13.1 Å². The van der Waals surface area contributed by atoms with Crippen molar-refractivity contribution < 1.29 is 19.1 Å². The highest BCUT2D eigenvalue weighted by molar-refractivity contribution is 5.90. The highest BCUT2D eigenvalue weighted by atomic mass is 16.6. The predicted octanol–water partition coefficient (Wildman–Crippen LogP) is 5.58. The van der Waals surface area contributed by atoms with Gasteiger partial charge in [0, 0.05) is 13.1 Å². The van der Waals surface area contributed by atoms with Crippen LogP contribution in [0.4, 0.5) is 4.79 Å². The summed E-state index contributed by atoms with van der Waals surface area (Å²) >= 11 is 0. The Balaban J connectivity index is 3.22. The molecule has 0 saturated heterocycles. The van der Waals surface area contributed by atoms with Crippen molar-refractivity contribution in [3.63, 3.8) is 0 Å². The number of nitrogens with zero attached hydrogens (tertiary/aromatic N) is 1. The van der Waals surface area contributed by atoms with Crippen LogP contribution in [-0.2, 0) is 14.3 Å². The number of rotatable bonds is 14. The largest absolute Gasteiger partial charge is 0.444 e. The number of ether oxygens (including phenoxy) is 1. The zero-order valence-corrected chi connectivity index (χ0v) is 23.0. The Morgan fingerprint density at radius 1 is 0.943 bits per heavy atom. The Morgan fingerprint density at radius 2 is 1.60 bits per heavy atom. The van der Waals surface area contributed by atoms with Crippen LogP contribution in [0.1, 0.15) is 102 Å². The van der Waals surface area contributed by atoms with E-state index < -0.39 is 17.7 Å². The van der Waals surface area contributed by atoms with E-state index >= 15 is 0 Å². The molecule has 1 aromatic carbocycles. The summed E-state index contributed by atoms with van der Waals surface area (Å²) in [6.45, 7) is 14.3. The first-order valence-electron chi connectivity index (χ1n) is 13.1. The maximum atomic E-state index is 13.5. The molecule has 1 rings (SSSR count). The van der Waals surface area contributed by atoms with Gasteiger partial charge >= 0.3 is 6.09 Å². The third kappa shape index (κ3) is 11.1. The fourth-order valence-corrected chi connectivity index (χ4v) is 3.85.